The summed E-state index contributed by atoms with van der Waals surface area (Å²) in [4.78, 5) is 23.2. The molecule has 0 saturated heterocycles. The SMILES string of the molecule is CC(C)Nc1ncc(C(=O)N2CCCn3nc(C(O)C4CC4)cc3C2)cn1. The van der Waals surface area contributed by atoms with E-state index in [0.717, 1.165) is 37.2 Å². The van der Waals surface area contributed by atoms with Gasteiger partial charge in [-0.1, -0.05) is 0 Å². The molecule has 1 atom stereocenters. The van der Waals surface area contributed by atoms with Crippen LogP contribution in [-0.2, 0) is 13.1 Å². The maximum atomic E-state index is 12.9. The van der Waals surface area contributed by atoms with E-state index in [9.17, 15) is 9.90 Å². The second-order valence-electron chi connectivity index (χ2n) is 7.74. The molecule has 1 amide bonds. The topological polar surface area (TPSA) is 96.2 Å². The van der Waals surface area contributed by atoms with Gasteiger partial charge in [-0.2, -0.15) is 5.10 Å². The zero-order valence-corrected chi connectivity index (χ0v) is 15.8. The first-order valence-electron chi connectivity index (χ1n) is 9.64. The van der Waals surface area contributed by atoms with Crippen LogP contribution in [0.1, 0.15) is 61.0 Å². The Morgan fingerprint density at radius 1 is 1.26 bits per heavy atom. The zero-order valence-electron chi connectivity index (χ0n) is 15.8. The molecule has 0 radical (unpaired) electrons. The van der Waals surface area contributed by atoms with Crippen LogP contribution in [-0.4, -0.2) is 48.2 Å². The number of nitrogens with zero attached hydrogens (tertiary/aromatic N) is 5. The Morgan fingerprint density at radius 2 is 2.00 bits per heavy atom. The molecule has 1 saturated carbocycles. The fourth-order valence-corrected chi connectivity index (χ4v) is 3.41. The number of hydrogen-bond acceptors (Lipinski definition) is 6. The Hall–Kier alpha value is -2.48. The zero-order chi connectivity index (χ0) is 19.0. The first kappa shape index (κ1) is 17.9. The van der Waals surface area contributed by atoms with Crippen molar-refractivity contribution in [3.63, 3.8) is 0 Å². The first-order chi connectivity index (χ1) is 13.0. The minimum atomic E-state index is -0.483. The summed E-state index contributed by atoms with van der Waals surface area (Å²) in [7, 11) is 0. The second-order valence-corrected chi connectivity index (χ2v) is 7.74. The molecule has 1 aliphatic heterocycles. The molecule has 1 fully saturated rings. The minimum Gasteiger partial charge on any atom is -0.386 e. The molecule has 0 aromatic carbocycles. The second kappa shape index (κ2) is 7.26. The van der Waals surface area contributed by atoms with Crippen LogP contribution in [0, 0.1) is 5.92 Å². The molecule has 2 aromatic heterocycles. The maximum absolute atomic E-state index is 12.9. The van der Waals surface area contributed by atoms with E-state index in [0.29, 0.717) is 30.5 Å². The van der Waals surface area contributed by atoms with Crippen LogP contribution in [0.3, 0.4) is 0 Å². The van der Waals surface area contributed by atoms with Gasteiger partial charge in [0.05, 0.1) is 23.5 Å². The van der Waals surface area contributed by atoms with E-state index in [1.165, 1.54) is 0 Å². The van der Waals surface area contributed by atoms with Gasteiger partial charge < -0.3 is 15.3 Å². The molecular weight excluding hydrogens is 344 g/mol. The fraction of sp³-hybridized carbons (Fsp3) is 0.579. The summed E-state index contributed by atoms with van der Waals surface area (Å²) in [5.74, 6) is 0.788. The third-order valence-electron chi connectivity index (χ3n) is 5.01. The number of aromatic nitrogens is 4. The van der Waals surface area contributed by atoms with Crippen LogP contribution in [0.4, 0.5) is 5.95 Å². The molecule has 2 aliphatic rings. The van der Waals surface area contributed by atoms with Crippen molar-refractivity contribution in [2.45, 2.75) is 58.3 Å². The number of carbonyl (C=O) groups excluding carboxylic acids is 1. The number of aliphatic hydroxyl groups is 1. The summed E-state index contributed by atoms with van der Waals surface area (Å²) in [6.07, 6.45) is 5.62. The lowest BCUT2D eigenvalue weighted by Gasteiger charge is -2.20. The number of amides is 1. The summed E-state index contributed by atoms with van der Waals surface area (Å²) in [6.45, 7) is 5.92. The Bertz CT molecular complexity index is 812. The Balaban J connectivity index is 1.48. The van der Waals surface area contributed by atoms with Crippen LogP contribution < -0.4 is 5.32 Å². The number of fused-ring (bicyclic) bond motifs is 1. The largest absolute Gasteiger partial charge is 0.386 e. The van der Waals surface area contributed by atoms with Crippen LogP contribution in [0.25, 0.3) is 0 Å². The highest BCUT2D eigenvalue weighted by molar-refractivity contribution is 5.93. The monoisotopic (exact) mass is 370 g/mol. The van der Waals surface area contributed by atoms with E-state index in [1.54, 1.807) is 12.4 Å². The number of anilines is 1. The average molecular weight is 370 g/mol. The van der Waals surface area contributed by atoms with Crippen LogP contribution >= 0.6 is 0 Å². The van der Waals surface area contributed by atoms with E-state index < -0.39 is 6.10 Å². The summed E-state index contributed by atoms with van der Waals surface area (Å²) < 4.78 is 1.93. The third kappa shape index (κ3) is 3.95. The van der Waals surface area contributed by atoms with Gasteiger partial charge in [-0.15, -0.1) is 0 Å². The molecule has 1 unspecified atom stereocenters. The molecule has 8 heteroatoms. The Morgan fingerprint density at radius 3 is 2.67 bits per heavy atom. The van der Waals surface area contributed by atoms with E-state index in [4.69, 9.17) is 0 Å². The van der Waals surface area contributed by atoms with Gasteiger partial charge >= 0.3 is 0 Å². The van der Waals surface area contributed by atoms with Crippen molar-refractivity contribution in [1.82, 2.24) is 24.6 Å². The predicted molar refractivity (Wildman–Crippen MR) is 100 cm³/mol. The average Bonchev–Trinajstić information content (AvgIpc) is 3.45. The molecule has 27 heavy (non-hydrogen) atoms. The smallest absolute Gasteiger partial charge is 0.257 e. The lowest BCUT2D eigenvalue weighted by atomic mass is 10.1. The van der Waals surface area contributed by atoms with Gasteiger partial charge in [0.25, 0.3) is 5.91 Å². The highest BCUT2D eigenvalue weighted by Gasteiger charge is 2.33. The Labute approximate surface area is 158 Å². The van der Waals surface area contributed by atoms with Gasteiger partial charge in [0.1, 0.15) is 6.10 Å². The predicted octanol–water partition coefficient (Wildman–Crippen LogP) is 1.98. The molecule has 4 rings (SSSR count). The number of rotatable bonds is 5. The summed E-state index contributed by atoms with van der Waals surface area (Å²) in [5, 5.41) is 18.0. The van der Waals surface area contributed by atoms with Crippen molar-refractivity contribution in [1.29, 1.82) is 0 Å². The van der Waals surface area contributed by atoms with Crippen LogP contribution in [0.15, 0.2) is 18.5 Å². The lowest BCUT2D eigenvalue weighted by molar-refractivity contribution is 0.0745. The third-order valence-corrected chi connectivity index (χ3v) is 5.01. The molecule has 2 aromatic rings. The molecule has 8 nitrogen and oxygen atoms in total. The first-order valence-corrected chi connectivity index (χ1v) is 9.64. The quantitative estimate of drug-likeness (QED) is 0.835. The van der Waals surface area contributed by atoms with Crippen molar-refractivity contribution < 1.29 is 9.90 Å². The van der Waals surface area contributed by atoms with Crippen molar-refractivity contribution in [3.05, 3.63) is 35.4 Å². The summed E-state index contributed by atoms with van der Waals surface area (Å²) in [5.41, 5.74) is 2.18. The molecule has 0 bridgehead atoms. The Kier molecular flexibility index (Phi) is 4.82. The van der Waals surface area contributed by atoms with Gasteiger partial charge in [0.15, 0.2) is 0 Å². The van der Waals surface area contributed by atoms with Crippen molar-refractivity contribution >= 4 is 11.9 Å². The number of aryl methyl sites for hydroxylation is 1. The summed E-state index contributed by atoms with van der Waals surface area (Å²) >= 11 is 0. The molecule has 0 spiro atoms. The number of nitrogens with one attached hydrogen (secondary N) is 1. The van der Waals surface area contributed by atoms with Gasteiger partial charge in [0.2, 0.25) is 5.95 Å². The summed E-state index contributed by atoms with van der Waals surface area (Å²) in [6, 6.07) is 2.18. The van der Waals surface area contributed by atoms with E-state index in [2.05, 4.69) is 20.4 Å². The number of aliphatic hydroxyl groups excluding tert-OH is 1. The normalized spacial score (nSPS) is 18.1. The lowest BCUT2D eigenvalue weighted by Crippen LogP contribution is -2.31. The van der Waals surface area contributed by atoms with E-state index >= 15 is 0 Å². The number of hydrogen-bond donors (Lipinski definition) is 2. The molecular formula is C19H26N6O2. The molecule has 144 valence electrons. The highest BCUT2D eigenvalue weighted by Crippen LogP contribution is 2.40. The van der Waals surface area contributed by atoms with E-state index in [1.807, 2.05) is 29.5 Å². The van der Waals surface area contributed by atoms with Crippen LogP contribution in [0.2, 0.25) is 0 Å². The number of carbonyl (C=O) groups is 1. The maximum Gasteiger partial charge on any atom is 0.257 e. The van der Waals surface area contributed by atoms with Crippen LogP contribution in [0.5, 0.6) is 0 Å². The van der Waals surface area contributed by atoms with Crippen molar-refractivity contribution in [3.8, 4) is 0 Å². The minimum absolute atomic E-state index is 0.0787. The molecule has 3 heterocycles. The molecule has 2 N–H and O–H groups in total. The van der Waals surface area contributed by atoms with E-state index in [-0.39, 0.29) is 11.9 Å². The standard InChI is InChI=1S/C19H26N6O2/c1-12(2)22-19-20-9-14(10-21-19)18(27)24-6-3-7-25-15(11-24)8-16(23-25)17(26)13-4-5-13/h8-10,12-13,17,26H,3-7,11H2,1-2H3,(H,20,21,22). The van der Waals surface area contributed by atoms with Gasteiger partial charge in [-0.3, -0.25) is 9.48 Å². The van der Waals surface area contributed by atoms with Gasteiger partial charge in [-0.25, -0.2) is 9.97 Å². The fourth-order valence-electron chi connectivity index (χ4n) is 3.41. The molecule has 1 aliphatic carbocycles. The van der Waals surface area contributed by atoms with Crippen molar-refractivity contribution in [2.24, 2.45) is 5.92 Å². The highest BCUT2D eigenvalue weighted by atomic mass is 16.3. The van der Waals surface area contributed by atoms with Gasteiger partial charge in [0, 0.05) is 31.5 Å². The van der Waals surface area contributed by atoms with Crippen molar-refractivity contribution in [2.75, 3.05) is 11.9 Å². The van der Waals surface area contributed by atoms with Gasteiger partial charge in [-0.05, 0) is 45.1 Å².